The fraction of sp³-hybridized carbons (Fsp3) is 0.582. The smallest absolute Gasteiger partial charge is 0.306 e. The summed E-state index contributed by atoms with van der Waals surface area (Å²) in [7, 11) is 0. The molecule has 0 spiro atoms. The van der Waals surface area contributed by atoms with Crippen LogP contribution in [0.5, 0.6) is 0 Å². The van der Waals surface area contributed by atoms with E-state index < -0.39 is 6.10 Å². The largest absolute Gasteiger partial charge is 0.462 e. The number of allylic oxidation sites excluding steroid dienone is 20. The Morgan fingerprint density at radius 2 is 0.672 bits per heavy atom. The highest BCUT2D eigenvalue weighted by molar-refractivity contribution is 5.71. The second-order valence-corrected chi connectivity index (χ2v) is 15.3. The van der Waals surface area contributed by atoms with Crippen LogP contribution in [-0.2, 0) is 28.6 Å². The Labute approximate surface area is 373 Å². The van der Waals surface area contributed by atoms with E-state index in [-0.39, 0.29) is 37.5 Å². The van der Waals surface area contributed by atoms with Gasteiger partial charge in [-0.2, -0.15) is 0 Å². The van der Waals surface area contributed by atoms with Gasteiger partial charge in [0.1, 0.15) is 13.2 Å². The molecule has 0 bridgehead atoms. The third-order valence-corrected chi connectivity index (χ3v) is 9.54. The quantitative estimate of drug-likeness (QED) is 0.0201. The Morgan fingerprint density at radius 3 is 1.13 bits per heavy atom. The summed E-state index contributed by atoms with van der Waals surface area (Å²) in [5.41, 5.74) is 0. The molecule has 0 radical (unpaired) electrons. The highest BCUT2D eigenvalue weighted by Gasteiger charge is 2.19. The number of hydrogen-bond donors (Lipinski definition) is 0. The Bertz CT molecular complexity index is 1340. The molecule has 61 heavy (non-hydrogen) atoms. The van der Waals surface area contributed by atoms with E-state index in [1.54, 1.807) is 0 Å². The van der Waals surface area contributed by atoms with Crippen LogP contribution in [0.2, 0.25) is 0 Å². The van der Waals surface area contributed by atoms with Crippen molar-refractivity contribution < 1.29 is 28.6 Å². The van der Waals surface area contributed by atoms with E-state index >= 15 is 0 Å². The topological polar surface area (TPSA) is 78.9 Å². The molecule has 0 heterocycles. The number of carbonyl (C=O) groups excluding carboxylic acids is 3. The summed E-state index contributed by atoms with van der Waals surface area (Å²) in [5, 5.41) is 0. The second kappa shape index (κ2) is 48.5. The lowest BCUT2D eigenvalue weighted by atomic mass is 10.1. The van der Waals surface area contributed by atoms with Crippen molar-refractivity contribution in [2.24, 2.45) is 0 Å². The fourth-order valence-electron chi connectivity index (χ4n) is 6.01. The van der Waals surface area contributed by atoms with Gasteiger partial charge >= 0.3 is 17.9 Å². The number of esters is 3. The highest BCUT2D eigenvalue weighted by Crippen LogP contribution is 2.12. The molecule has 6 heteroatoms. The van der Waals surface area contributed by atoms with Gasteiger partial charge in [0.05, 0.1) is 0 Å². The van der Waals surface area contributed by atoms with Gasteiger partial charge in [-0.3, -0.25) is 14.4 Å². The predicted molar refractivity (Wildman–Crippen MR) is 260 cm³/mol. The van der Waals surface area contributed by atoms with Crippen molar-refractivity contribution in [2.45, 2.75) is 194 Å². The average Bonchev–Trinajstić information content (AvgIpc) is 3.26. The summed E-state index contributed by atoms with van der Waals surface area (Å²) in [5.74, 6) is -0.991. The number of hydrogen-bond acceptors (Lipinski definition) is 6. The molecule has 0 aromatic carbocycles. The molecule has 0 aliphatic carbocycles. The van der Waals surface area contributed by atoms with Crippen LogP contribution in [0.25, 0.3) is 0 Å². The maximum Gasteiger partial charge on any atom is 0.306 e. The number of carbonyl (C=O) groups is 3. The third kappa shape index (κ3) is 46.7. The van der Waals surface area contributed by atoms with Crippen molar-refractivity contribution in [2.75, 3.05) is 13.2 Å². The molecule has 0 fully saturated rings. The van der Waals surface area contributed by atoms with Crippen LogP contribution in [-0.4, -0.2) is 37.2 Å². The standard InChI is InChI=1S/C55H86O6/c1-4-7-10-13-16-19-22-25-27-29-30-33-36-39-42-45-48-54(57)60-51-52(50-59-53(56)47-44-41-38-35-32-24-21-18-15-12-9-6-3)61-55(58)49-46-43-40-37-34-31-28-26-23-20-17-14-11-8-5-2/h7-12,14,16-21,23,25-28,30,33,52H,4-6,13,15,22,24,29,31-32,34-51H2,1-3H3/b10-7-,11-8-,12-9-,17-14-,19-16-,21-18-,23-20-,27-25-,28-26-,33-30-. The number of unbranched alkanes of at least 4 members (excludes halogenated alkanes) is 13. The molecule has 0 saturated heterocycles. The lowest BCUT2D eigenvalue weighted by Crippen LogP contribution is -2.30. The fourth-order valence-corrected chi connectivity index (χ4v) is 6.01. The molecule has 0 aromatic heterocycles. The molecular formula is C55H86O6. The first-order valence-corrected chi connectivity index (χ1v) is 24.1. The lowest BCUT2D eigenvalue weighted by Gasteiger charge is -2.18. The summed E-state index contributed by atoms with van der Waals surface area (Å²) in [6.45, 7) is 6.19. The summed E-state index contributed by atoms with van der Waals surface area (Å²) in [6.07, 6.45) is 66.1. The van der Waals surface area contributed by atoms with E-state index in [0.717, 1.165) is 148 Å². The van der Waals surface area contributed by atoms with E-state index in [0.29, 0.717) is 12.8 Å². The van der Waals surface area contributed by atoms with Gasteiger partial charge in [-0.05, 0) is 103 Å². The van der Waals surface area contributed by atoms with Crippen LogP contribution >= 0.6 is 0 Å². The first-order valence-electron chi connectivity index (χ1n) is 24.1. The molecule has 0 aromatic rings. The SMILES string of the molecule is CC\C=C/C=C\C=C/C=C\CCCCCCCC(=O)OC(COC(=O)CCCCC/C=C\C/C=C\C/C=C\C/C=C\CC)COC(=O)CCCCCCC/C=C\C/C=C\CC. The molecule has 6 nitrogen and oxygen atoms in total. The molecule has 1 atom stereocenters. The number of rotatable bonds is 41. The second-order valence-electron chi connectivity index (χ2n) is 15.3. The summed E-state index contributed by atoms with van der Waals surface area (Å²) in [6, 6.07) is 0. The van der Waals surface area contributed by atoms with Crippen LogP contribution in [0.15, 0.2) is 122 Å². The van der Waals surface area contributed by atoms with Gasteiger partial charge in [-0.1, -0.05) is 187 Å². The van der Waals surface area contributed by atoms with E-state index in [9.17, 15) is 14.4 Å². The summed E-state index contributed by atoms with van der Waals surface area (Å²) >= 11 is 0. The van der Waals surface area contributed by atoms with Crippen molar-refractivity contribution >= 4 is 17.9 Å². The van der Waals surface area contributed by atoms with E-state index in [4.69, 9.17) is 14.2 Å². The first-order chi connectivity index (χ1) is 30.0. The molecule has 342 valence electrons. The minimum Gasteiger partial charge on any atom is -0.462 e. The van der Waals surface area contributed by atoms with Gasteiger partial charge < -0.3 is 14.2 Å². The Balaban J connectivity index is 4.53. The van der Waals surface area contributed by atoms with Gasteiger partial charge in [0, 0.05) is 19.3 Å². The maximum absolute atomic E-state index is 12.8. The van der Waals surface area contributed by atoms with Crippen LogP contribution < -0.4 is 0 Å². The van der Waals surface area contributed by atoms with Crippen LogP contribution in [0.4, 0.5) is 0 Å². The molecule has 1 unspecified atom stereocenters. The first kappa shape index (κ1) is 56.8. The summed E-state index contributed by atoms with van der Waals surface area (Å²) in [4.78, 5) is 37.9. The zero-order valence-electron chi connectivity index (χ0n) is 38.9. The lowest BCUT2D eigenvalue weighted by molar-refractivity contribution is -0.167. The normalized spacial score (nSPS) is 13.2. The van der Waals surface area contributed by atoms with Crippen molar-refractivity contribution in [1.29, 1.82) is 0 Å². The van der Waals surface area contributed by atoms with E-state index in [1.807, 2.05) is 24.3 Å². The van der Waals surface area contributed by atoms with E-state index in [2.05, 4.69) is 118 Å². The minimum atomic E-state index is -0.812. The highest BCUT2D eigenvalue weighted by atomic mass is 16.6. The van der Waals surface area contributed by atoms with Crippen LogP contribution in [0.3, 0.4) is 0 Å². The van der Waals surface area contributed by atoms with Gasteiger partial charge in [0.2, 0.25) is 0 Å². The van der Waals surface area contributed by atoms with Crippen molar-refractivity contribution in [3.05, 3.63) is 122 Å². The van der Waals surface area contributed by atoms with Crippen LogP contribution in [0.1, 0.15) is 188 Å². The molecule has 0 rings (SSSR count). The molecule has 0 aliphatic rings. The zero-order chi connectivity index (χ0) is 44.4. The minimum absolute atomic E-state index is 0.110. The predicted octanol–water partition coefficient (Wildman–Crippen LogP) is 15.7. The molecule has 0 amide bonds. The van der Waals surface area contributed by atoms with Crippen LogP contribution in [0, 0.1) is 0 Å². The maximum atomic E-state index is 12.8. The summed E-state index contributed by atoms with van der Waals surface area (Å²) < 4.78 is 16.7. The van der Waals surface area contributed by atoms with Crippen molar-refractivity contribution in [3.8, 4) is 0 Å². The van der Waals surface area contributed by atoms with Crippen molar-refractivity contribution in [3.63, 3.8) is 0 Å². The van der Waals surface area contributed by atoms with Gasteiger partial charge in [0.15, 0.2) is 6.10 Å². The molecular weight excluding hydrogens is 757 g/mol. The Morgan fingerprint density at radius 1 is 0.344 bits per heavy atom. The Hall–Kier alpha value is -4.19. The zero-order valence-corrected chi connectivity index (χ0v) is 38.9. The van der Waals surface area contributed by atoms with Crippen molar-refractivity contribution in [1.82, 2.24) is 0 Å². The Kier molecular flexibility index (Phi) is 45.1. The van der Waals surface area contributed by atoms with Gasteiger partial charge in [-0.25, -0.2) is 0 Å². The third-order valence-electron chi connectivity index (χ3n) is 9.54. The van der Waals surface area contributed by atoms with Gasteiger partial charge in [-0.15, -0.1) is 0 Å². The number of ether oxygens (including phenoxy) is 3. The molecule has 0 N–H and O–H groups in total. The van der Waals surface area contributed by atoms with E-state index in [1.165, 1.54) is 0 Å². The molecule has 0 saturated carbocycles. The average molecular weight is 843 g/mol. The monoisotopic (exact) mass is 843 g/mol. The molecule has 0 aliphatic heterocycles. The van der Waals surface area contributed by atoms with Gasteiger partial charge in [0.25, 0.3) is 0 Å².